The second-order valence-corrected chi connectivity index (χ2v) is 6.28. The van der Waals surface area contributed by atoms with E-state index in [1.54, 1.807) is 17.5 Å². The third-order valence-corrected chi connectivity index (χ3v) is 4.11. The number of amides is 1. The maximum Gasteiger partial charge on any atom is 0.309 e. The zero-order valence-electron chi connectivity index (χ0n) is 10.00. The molecule has 0 fully saturated rings. The van der Waals surface area contributed by atoms with Crippen LogP contribution >= 0.6 is 34.3 Å². The van der Waals surface area contributed by atoms with E-state index < -0.39 is 5.97 Å². The summed E-state index contributed by atoms with van der Waals surface area (Å²) in [5, 5.41) is 13.2. The highest BCUT2D eigenvalue weighted by molar-refractivity contribution is 7.17. The summed E-state index contributed by atoms with van der Waals surface area (Å²) in [6, 6.07) is 3.56. The van der Waals surface area contributed by atoms with Gasteiger partial charge in [-0.05, 0) is 18.2 Å². The number of hydrogen-bond donors (Lipinski definition) is 2. The Morgan fingerprint density at radius 1 is 1.45 bits per heavy atom. The van der Waals surface area contributed by atoms with Crippen LogP contribution in [0, 0.1) is 0 Å². The second kappa shape index (κ2) is 6.65. The summed E-state index contributed by atoms with van der Waals surface area (Å²) in [5.41, 5.74) is 0.423. The van der Waals surface area contributed by atoms with Gasteiger partial charge in [0.25, 0.3) is 0 Å². The van der Waals surface area contributed by atoms with Crippen molar-refractivity contribution in [1.82, 2.24) is 4.98 Å². The average Bonchev–Trinajstić information content (AvgIpc) is 2.95. The molecule has 0 aromatic carbocycles. The lowest BCUT2D eigenvalue weighted by atomic mass is 10.3. The van der Waals surface area contributed by atoms with Crippen molar-refractivity contribution in [2.45, 2.75) is 6.42 Å². The molecule has 0 saturated heterocycles. The Bertz CT molecular complexity index is 663. The van der Waals surface area contributed by atoms with Crippen LogP contribution in [0.2, 0.25) is 4.34 Å². The van der Waals surface area contributed by atoms with Gasteiger partial charge in [0.15, 0.2) is 5.13 Å². The van der Waals surface area contributed by atoms with Crippen LogP contribution in [0.15, 0.2) is 23.6 Å². The summed E-state index contributed by atoms with van der Waals surface area (Å²) in [5.74, 6) is -1.28. The minimum absolute atomic E-state index is 0.157. The fourth-order valence-corrected chi connectivity index (χ4v) is 3.00. The number of rotatable bonds is 5. The van der Waals surface area contributed by atoms with E-state index in [1.807, 2.05) is 6.07 Å². The van der Waals surface area contributed by atoms with Crippen LogP contribution < -0.4 is 5.32 Å². The molecule has 2 rings (SSSR count). The van der Waals surface area contributed by atoms with Crippen molar-refractivity contribution in [2.24, 2.45) is 0 Å². The van der Waals surface area contributed by atoms with Crippen LogP contribution in [-0.4, -0.2) is 22.0 Å². The number of aliphatic carboxylic acids is 1. The lowest BCUT2D eigenvalue weighted by Gasteiger charge is -1.95. The number of carbonyl (C=O) groups excluding carboxylic acids is 1. The summed E-state index contributed by atoms with van der Waals surface area (Å²) in [7, 11) is 0. The predicted molar refractivity (Wildman–Crippen MR) is 80.4 cm³/mol. The van der Waals surface area contributed by atoms with Crippen LogP contribution in [0.5, 0.6) is 0 Å². The monoisotopic (exact) mass is 328 g/mol. The molecular formula is C12H9ClN2O3S2. The molecule has 2 heterocycles. The van der Waals surface area contributed by atoms with Gasteiger partial charge >= 0.3 is 5.97 Å². The summed E-state index contributed by atoms with van der Waals surface area (Å²) in [6.45, 7) is 0. The number of thiazole rings is 1. The first-order valence-electron chi connectivity index (χ1n) is 5.43. The van der Waals surface area contributed by atoms with Crippen molar-refractivity contribution in [2.75, 3.05) is 5.32 Å². The van der Waals surface area contributed by atoms with Crippen molar-refractivity contribution in [1.29, 1.82) is 0 Å². The van der Waals surface area contributed by atoms with Crippen molar-refractivity contribution >= 4 is 57.4 Å². The summed E-state index contributed by atoms with van der Waals surface area (Å²) < 4.78 is 0.656. The van der Waals surface area contributed by atoms with Gasteiger partial charge in [-0.1, -0.05) is 11.6 Å². The van der Waals surface area contributed by atoms with E-state index in [0.717, 1.165) is 4.88 Å². The molecule has 0 atom stereocenters. The molecule has 8 heteroatoms. The maximum atomic E-state index is 11.6. The minimum Gasteiger partial charge on any atom is -0.481 e. The van der Waals surface area contributed by atoms with Crippen LogP contribution in [0.3, 0.4) is 0 Å². The van der Waals surface area contributed by atoms with E-state index in [-0.39, 0.29) is 12.3 Å². The predicted octanol–water partition coefficient (Wildman–Crippen LogP) is 3.14. The molecule has 20 heavy (non-hydrogen) atoms. The summed E-state index contributed by atoms with van der Waals surface area (Å²) >= 11 is 8.33. The second-order valence-electron chi connectivity index (χ2n) is 3.68. The zero-order valence-corrected chi connectivity index (χ0v) is 12.4. The van der Waals surface area contributed by atoms with E-state index in [0.29, 0.717) is 15.2 Å². The number of nitrogens with one attached hydrogen (secondary N) is 1. The van der Waals surface area contributed by atoms with Gasteiger partial charge in [0.05, 0.1) is 16.5 Å². The normalized spacial score (nSPS) is 10.8. The Morgan fingerprint density at radius 2 is 2.25 bits per heavy atom. The number of carboxylic acid groups (broad SMARTS) is 1. The van der Waals surface area contributed by atoms with Gasteiger partial charge in [0.2, 0.25) is 5.91 Å². The van der Waals surface area contributed by atoms with Gasteiger partial charge in [-0.2, -0.15) is 0 Å². The minimum atomic E-state index is -0.956. The van der Waals surface area contributed by atoms with Crippen LogP contribution in [0.4, 0.5) is 5.13 Å². The first-order chi connectivity index (χ1) is 9.52. The fraction of sp³-hybridized carbons (Fsp3) is 0.0833. The standard InChI is InChI=1S/C12H9ClN2O3S2/c13-9-3-1-8(20-9)2-4-10(16)15-12-14-7(6-19-12)5-11(17)18/h1-4,6H,5H2,(H,17,18)(H,14,15,16)/b4-2+. The van der Waals surface area contributed by atoms with Gasteiger partial charge in [-0.25, -0.2) is 4.98 Å². The topological polar surface area (TPSA) is 79.3 Å². The first-order valence-corrected chi connectivity index (χ1v) is 7.51. The van der Waals surface area contributed by atoms with Crippen molar-refractivity contribution in [3.63, 3.8) is 0 Å². The summed E-state index contributed by atoms with van der Waals surface area (Å²) in [4.78, 5) is 27.0. The number of nitrogens with zero attached hydrogens (tertiary/aromatic N) is 1. The molecule has 0 unspecified atom stereocenters. The van der Waals surface area contributed by atoms with E-state index >= 15 is 0 Å². The molecule has 0 aliphatic carbocycles. The molecule has 0 radical (unpaired) electrons. The van der Waals surface area contributed by atoms with Gasteiger partial charge < -0.3 is 5.11 Å². The lowest BCUT2D eigenvalue weighted by Crippen LogP contribution is -2.08. The van der Waals surface area contributed by atoms with Gasteiger partial charge in [0.1, 0.15) is 0 Å². The van der Waals surface area contributed by atoms with Gasteiger partial charge in [-0.15, -0.1) is 22.7 Å². The SMILES string of the molecule is O=C(O)Cc1csc(NC(=O)/C=C/c2ccc(Cl)s2)n1. The number of aromatic nitrogens is 1. The molecule has 5 nitrogen and oxygen atoms in total. The smallest absolute Gasteiger partial charge is 0.309 e. The van der Waals surface area contributed by atoms with Crippen LogP contribution in [0.1, 0.15) is 10.6 Å². The molecule has 0 spiro atoms. The highest BCUT2D eigenvalue weighted by Crippen LogP contribution is 2.22. The molecule has 104 valence electrons. The molecule has 0 bridgehead atoms. The Balaban J connectivity index is 1.92. The van der Waals surface area contributed by atoms with Crippen molar-refractivity contribution in [3.05, 3.63) is 38.5 Å². The number of hydrogen-bond acceptors (Lipinski definition) is 5. The van der Waals surface area contributed by atoms with E-state index in [2.05, 4.69) is 10.3 Å². The quantitative estimate of drug-likeness (QED) is 0.826. The largest absolute Gasteiger partial charge is 0.481 e. The van der Waals surface area contributed by atoms with Crippen molar-refractivity contribution < 1.29 is 14.7 Å². The Morgan fingerprint density at radius 3 is 2.90 bits per heavy atom. The van der Waals surface area contributed by atoms with Gasteiger partial charge in [0, 0.05) is 16.3 Å². The molecule has 2 aromatic rings. The number of carbonyl (C=O) groups is 2. The highest BCUT2D eigenvalue weighted by atomic mass is 35.5. The Hall–Kier alpha value is -1.70. The van der Waals surface area contributed by atoms with Gasteiger partial charge in [-0.3, -0.25) is 14.9 Å². The molecule has 2 aromatic heterocycles. The van der Waals surface area contributed by atoms with Crippen LogP contribution in [0.25, 0.3) is 6.08 Å². The highest BCUT2D eigenvalue weighted by Gasteiger charge is 2.07. The molecular weight excluding hydrogens is 320 g/mol. The number of carboxylic acids is 1. The van der Waals surface area contributed by atoms with E-state index in [1.165, 1.54) is 28.7 Å². The molecule has 0 aliphatic heterocycles. The fourth-order valence-electron chi connectivity index (χ4n) is 1.32. The van der Waals surface area contributed by atoms with Crippen molar-refractivity contribution in [3.8, 4) is 0 Å². The third-order valence-electron chi connectivity index (χ3n) is 2.11. The summed E-state index contributed by atoms with van der Waals surface area (Å²) in [6.07, 6.45) is 2.87. The molecule has 0 saturated carbocycles. The maximum absolute atomic E-state index is 11.6. The number of halogens is 1. The Labute approximate surface area is 127 Å². The third kappa shape index (κ3) is 4.44. The Kier molecular flexibility index (Phi) is 4.89. The molecule has 0 aliphatic rings. The number of thiophene rings is 1. The lowest BCUT2D eigenvalue weighted by molar-refractivity contribution is -0.136. The van der Waals surface area contributed by atoms with E-state index in [4.69, 9.17) is 16.7 Å². The van der Waals surface area contributed by atoms with Crippen LogP contribution in [-0.2, 0) is 16.0 Å². The molecule has 2 N–H and O–H groups in total. The number of anilines is 1. The molecule has 1 amide bonds. The average molecular weight is 329 g/mol. The van der Waals surface area contributed by atoms with E-state index in [9.17, 15) is 9.59 Å². The zero-order chi connectivity index (χ0) is 14.5. The first kappa shape index (κ1) is 14.7.